The molecule has 0 bridgehead atoms. The number of aromatic nitrogens is 2. The Kier molecular flexibility index (Phi) is 5.98. The summed E-state index contributed by atoms with van der Waals surface area (Å²) in [4.78, 5) is 17.9. The molecule has 0 atom stereocenters. The standard InChI is InChI=1S/C20H22N4O4S2/c1-14-7-8-15(12-17(14)30(26,27)24-9-3-2-4-10-24)20(25)21-13-18-22-19(23-28-18)16-6-5-11-29-16/h5-8,11-12H,2-4,9-10,13H2,1H3,(H,21,25). The van der Waals surface area contributed by atoms with Gasteiger partial charge in [-0.1, -0.05) is 23.7 Å². The van der Waals surface area contributed by atoms with E-state index >= 15 is 0 Å². The van der Waals surface area contributed by atoms with Crippen LogP contribution in [-0.2, 0) is 16.6 Å². The molecule has 2 aromatic heterocycles. The highest BCUT2D eigenvalue weighted by Gasteiger charge is 2.28. The number of amides is 1. The van der Waals surface area contributed by atoms with Gasteiger partial charge in [-0.3, -0.25) is 4.79 Å². The molecular weight excluding hydrogens is 424 g/mol. The van der Waals surface area contributed by atoms with Crippen LogP contribution >= 0.6 is 11.3 Å². The molecule has 1 aliphatic heterocycles. The molecule has 0 unspecified atom stereocenters. The molecule has 1 fully saturated rings. The Bertz CT molecular complexity index is 1130. The summed E-state index contributed by atoms with van der Waals surface area (Å²) >= 11 is 1.49. The zero-order chi connectivity index (χ0) is 21.1. The SMILES string of the molecule is Cc1ccc(C(=O)NCc2nc(-c3cccs3)no2)cc1S(=O)(=O)N1CCCCC1. The molecule has 30 heavy (non-hydrogen) atoms. The first kappa shape index (κ1) is 20.7. The Morgan fingerprint density at radius 2 is 2.03 bits per heavy atom. The molecule has 1 saturated heterocycles. The van der Waals surface area contributed by atoms with Gasteiger partial charge < -0.3 is 9.84 Å². The topological polar surface area (TPSA) is 105 Å². The molecule has 4 rings (SSSR count). The lowest BCUT2D eigenvalue weighted by Gasteiger charge is -2.26. The number of sulfonamides is 1. The summed E-state index contributed by atoms with van der Waals surface area (Å²) in [5.74, 6) is 0.348. The molecule has 1 aromatic carbocycles. The number of piperidine rings is 1. The maximum absolute atomic E-state index is 13.0. The van der Waals surface area contributed by atoms with Gasteiger partial charge in [0.15, 0.2) is 0 Å². The predicted octanol–water partition coefficient (Wildman–Crippen LogP) is 3.21. The molecular formula is C20H22N4O4S2. The van der Waals surface area contributed by atoms with Crippen molar-refractivity contribution in [3.63, 3.8) is 0 Å². The van der Waals surface area contributed by atoms with E-state index in [4.69, 9.17) is 4.52 Å². The van der Waals surface area contributed by atoms with Gasteiger partial charge in [-0.25, -0.2) is 8.42 Å². The van der Waals surface area contributed by atoms with E-state index in [1.54, 1.807) is 19.1 Å². The molecule has 0 saturated carbocycles. The van der Waals surface area contributed by atoms with Crippen molar-refractivity contribution in [3.05, 3.63) is 52.7 Å². The number of hydrogen-bond donors (Lipinski definition) is 1. The van der Waals surface area contributed by atoms with Crippen molar-refractivity contribution in [2.24, 2.45) is 0 Å². The number of hydrogen-bond acceptors (Lipinski definition) is 7. The molecule has 3 heterocycles. The summed E-state index contributed by atoms with van der Waals surface area (Å²) in [5.41, 5.74) is 0.892. The van der Waals surface area contributed by atoms with Gasteiger partial charge in [0, 0.05) is 18.7 Å². The van der Waals surface area contributed by atoms with E-state index in [0.29, 0.717) is 24.5 Å². The van der Waals surface area contributed by atoms with Crippen LogP contribution in [0.25, 0.3) is 10.7 Å². The lowest BCUT2D eigenvalue weighted by molar-refractivity contribution is 0.0946. The summed E-state index contributed by atoms with van der Waals surface area (Å²) in [5, 5.41) is 8.54. The zero-order valence-corrected chi connectivity index (χ0v) is 18.1. The number of nitrogens with zero attached hydrogens (tertiary/aromatic N) is 3. The van der Waals surface area contributed by atoms with Crippen molar-refractivity contribution in [2.45, 2.75) is 37.6 Å². The summed E-state index contributed by atoms with van der Waals surface area (Å²) in [7, 11) is -3.62. The molecule has 1 aliphatic rings. The van der Waals surface area contributed by atoms with E-state index in [1.807, 2.05) is 17.5 Å². The first-order chi connectivity index (χ1) is 14.4. The van der Waals surface area contributed by atoms with Crippen LogP contribution in [-0.4, -0.2) is 41.9 Å². The third kappa shape index (κ3) is 4.30. The first-order valence-electron chi connectivity index (χ1n) is 9.70. The monoisotopic (exact) mass is 446 g/mol. The number of rotatable bonds is 6. The highest BCUT2D eigenvalue weighted by atomic mass is 32.2. The Morgan fingerprint density at radius 3 is 2.77 bits per heavy atom. The van der Waals surface area contributed by atoms with Crippen LogP contribution in [0.4, 0.5) is 0 Å². The average molecular weight is 447 g/mol. The van der Waals surface area contributed by atoms with Gasteiger partial charge in [0.05, 0.1) is 16.3 Å². The van der Waals surface area contributed by atoms with Gasteiger partial charge in [-0.2, -0.15) is 9.29 Å². The molecule has 158 valence electrons. The minimum Gasteiger partial charge on any atom is -0.343 e. The highest BCUT2D eigenvalue weighted by Crippen LogP contribution is 2.25. The number of carbonyl (C=O) groups is 1. The van der Waals surface area contributed by atoms with Crippen LogP contribution in [0, 0.1) is 6.92 Å². The zero-order valence-electron chi connectivity index (χ0n) is 16.5. The first-order valence-corrected chi connectivity index (χ1v) is 12.0. The van der Waals surface area contributed by atoms with Crippen molar-refractivity contribution in [1.29, 1.82) is 0 Å². The molecule has 0 radical (unpaired) electrons. The Hall–Kier alpha value is -2.56. The minimum absolute atomic E-state index is 0.0549. The molecule has 10 heteroatoms. The van der Waals surface area contributed by atoms with Crippen molar-refractivity contribution in [1.82, 2.24) is 19.8 Å². The number of nitrogens with one attached hydrogen (secondary N) is 1. The van der Waals surface area contributed by atoms with Crippen molar-refractivity contribution >= 4 is 27.3 Å². The second kappa shape index (κ2) is 8.66. The van der Waals surface area contributed by atoms with Gasteiger partial charge >= 0.3 is 0 Å². The summed E-state index contributed by atoms with van der Waals surface area (Å²) in [6.45, 7) is 2.83. The van der Waals surface area contributed by atoms with E-state index < -0.39 is 15.9 Å². The smallest absolute Gasteiger partial charge is 0.251 e. The summed E-state index contributed by atoms with van der Waals surface area (Å²) < 4.78 is 32.8. The van der Waals surface area contributed by atoms with E-state index in [1.165, 1.54) is 21.7 Å². The highest BCUT2D eigenvalue weighted by molar-refractivity contribution is 7.89. The van der Waals surface area contributed by atoms with Crippen molar-refractivity contribution in [3.8, 4) is 10.7 Å². The number of thiophene rings is 1. The number of aryl methyl sites for hydroxylation is 1. The van der Waals surface area contributed by atoms with Crippen LogP contribution in [0.15, 0.2) is 45.1 Å². The summed E-state index contributed by atoms with van der Waals surface area (Å²) in [6.07, 6.45) is 2.75. The maximum Gasteiger partial charge on any atom is 0.251 e. The van der Waals surface area contributed by atoms with Crippen LogP contribution < -0.4 is 5.32 Å². The van der Waals surface area contributed by atoms with Crippen molar-refractivity contribution in [2.75, 3.05) is 13.1 Å². The molecule has 3 aromatic rings. The van der Waals surface area contributed by atoms with Gasteiger partial charge in [0.2, 0.25) is 21.7 Å². The molecule has 0 spiro atoms. The molecule has 8 nitrogen and oxygen atoms in total. The summed E-state index contributed by atoms with van der Waals surface area (Å²) in [6, 6.07) is 8.50. The van der Waals surface area contributed by atoms with Gasteiger partial charge in [0.1, 0.15) is 0 Å². The average Bonchev–Trinajstić information content (AvgIpc) is 3.45. The fourth-order valence-corrected chi connectivity index (χ4v) is 5.77. The van der Waals surface area contributed by atoms with Crippen LogP contribution in [0.5, 0.6) is 0 Å². The molecule has 0 aliphatic carbocycles. The lowest BCUT2D eigenvalue weighted by Crippen LogP contribution is -2.36. The molecule has 1 N–H and O–H groups in total. The Balaban J connectivity index is 1.47. The third-order valence-corrected chi connectivity index (χ3v) is 7.90. The van der Waals surface area contributed by atoms with E-state index in [9.17, 15) is 13.2 Å². The van der Waals surface area contributed by atoms with Gasteiger partial charge in [-0.05, 0) is 48.9 Å². The quantitative estimate of drug-likeness (QED) is 0.623. The van der Waals surface area contributed by atoms with Crippen molar-refractivity contribution < 1.29 is 17.7 Å². The fourth-order valence-electron chi connectivity index (χ4n) is 3.35. The largest absolute Gasteiger partial charge is 0.343 e. The lowest BCUT2D eigenvalue weighted by atomic mass is 10.1. The second-order valence-electron chi connectivity index (χ2n) is 7.12. The number of carbonyl (C=O) groups excluding carboxylic acids is 1. The number of benzene rings is 1. The minimum atomic E-state index is -3.62. The van der Waals surface area contributed by atoms with Gasteiger partial charge in [0.25, 0.3) is 5.91 Å². The van der Waals surface area contributed by atoms with E-state index in [-0.39, 0.29) is 22.9 Å². The fraction of sp³-hybridized carbons (Fsp3) is 0.350. The van der Waals surface area contributed by atoms with E-state index in [2.05, 4.69) is 15.5 Å². The van der Waals surface area contributed by atoms with E-state index in [0.717, 1.165) is 24.1 Å². The normalized spacial score (nSPS) is 15.2. The van der Waals surface area contributed by atoms with Gasteiger partial charge in [-0.15, -0.1) is 11.3 Å². The van der Waals surface area contributed by atoms with Crippen LogP contribution in [0.2, 0.25) is 0 Å². The third-order valence-electron chi connectivity index (χ3n) is 4.99. The molecule has 1 amide bonds. The Morgan fingerprint density at radius 1 is 1.23 bits per heavy atom. The predicted molar refractivity (Wildman–Crippen MR) is 113 cm³/mol. The van der Waals surface area contributed by atoms with Crippen LogP contribution in [0.3, 0.4) is 0 Å². The Labute approximate surface area is 179 Å². The maximum atomic E-state index is 13.0. The van der Waals surface area contributed by atoms with Crippen LogP contribution in [0.1, 0.15) is 41.1 Å². The second-order valence-corrected chi connectivity index (χ2v) is 9.97.